The average Bonchev–Trinajstić information content (AvgIpc) is 2.70. The second kappa shape index (κ2) is 6.86. The van der Waals surface area contributed by atoms with Gasteiger partial charge in [-0.3, -0.25) is 4.79 Å². The molecule has 0 amide bonds. The Labute approximate surface area is 168 Å². The maximum absolute atomic E-state index is 13.1. The first-order valence-electron chi connectivity index (χ1n) is 9.20. The standard InChI is InChI=1S/C22H21NO5S/c1-22(2)21(25)20(23-13-7-6-10-19(23)24)17-14-16(11-12-18(17)28-22)29(26,27)15-8-4-3-5-9-15/h3-14,20-21,25H,1-2H3. The van der Waals surface area contributed by atoms with Gasteiger partial charge in [-0.1, -0.05) is 24.3 Å². The molecule has 0 bridgehead atoms. The van der Waals surface area contributed by atoms with Crippen molar-refractivity contribution in [2.75, 3.05) is 0 Å². The van der Waals surface area contributed by atoms with E-state index in [1.807, 2.05) is 0 Å². The lowest BCUT2D eigenvalue weighted by Gasteiger charge is -2.42. The zero-order chi connectivity index (χ0) is 20.8. The molecule has 1 aromatic heterocycles. The highest BCUT2D eigenvalue weighted by Crippen LogP contribution is 2.42. The number of sulfone groups is 1. The van der Waals surface area contributed by atoms with E-state index in [9.17, 15) is 18.3 Å². The van der Waals surface area contributed by atoms with Crippen molar-refractivity contribution in [1.82, 2.24) is 4.57 Å². The lowest BCUT2D eigenvalue weighted by molar-refractivity contribution is -0.0643. The van der Waals surface area contributed by atoms with Crippen LogP contribution in [0.15, 0.2) is 87.5 Å². The van der Waals surface area contributed by atoms with Crippen molar-refractivity contribution in [3.8, 4) is 5.75 Å². The van der Waals surface area contributed by atoms with Crippen LogP contribution in [0.1, 0.15) is 25.5 Å². The molecule has 0 radical (unpaired) electrons. The minimum atomic E-state index is -3.76. The number of hydrogen-bond acceptors (Lipinski definition) is 5. The van der Waals surface area contributed by atoms with Crippen LogP contribution in [0.2, 0.25) is 0 Å². The molecule has 0 saturated heterocycles. The molecular weight excluding hydrogens is 390 g/mol. The predicted molar refractivity (Wildman–Crippen MR) is 108 cm³/mol. The van der Waals surface area contributed by atoms with E-state index >= 15 is 0 Å². The molecule has 7 heteroatoms. The molecule has 3 aromatic rings. The number of pyridine rings is 1. The van der Waals surface area contributed by atoms with Crippen LogP contribution >= 0.6 is 0 Å². The highest BCUT2D eigenvalue weighted by atomic mass is 32.2. The molecule has 1 aliphatic heterocycles. The SMILES string of the molecule is CC1(C)Oc2ccc(S(=O)(=O)c3ccccc3)cc2C(n2ccccc2=O)C1O. The van der Waals surface area contributed by atoms with Gasteiger partial charge in [-0.15, -0.1) is 0 Å². The Kier molecular flexibility index (Phi) is 4.59. The summed E-state index contributed by atoms with van der Waals surface area (Å²) in [5.74, 6) is 0.438. The molecule has 4 rings (SSSR count). The van der Waals surface area contributed by atoms with Gasteiger partial charge in [0.25, 0.3) is 5.56 Å². The van der Waals surface area contributed by atoms with Crippen LogP contribution in [0, 0.1) is 0 Å². The molecule has 2 aromatic carbocycles. The van der Waals surface area contributed by atoms with Gasteiger partial charge in [0.1, 0.15) is 17.5 Å². The van der Waals surface area contributed by atoms with Gasteiger partial charge in [-0.2, -0.15) is 0 Å². The van der Waals surface area contributed by atoms with E-state index in [-0.39, 0.29) is 15.4 Å². The fourth-order valence-electron chi connectivity index (χ4n) is 3.62. The first kappa shape index (κ1) is 19.4. The Bertz CT molecular complexity index is 1220. The summed E-state index contributed by atoms with van der Waals surface area (Å²) < 4.78 is 33.5. The van der Waals surface area contributed by atoms with Gasteiger partial charge in [0, 0.05) is 17.8 Å². The summed E-state index contributed by atoms with van der Waals surface area (Å²) >= 11 is 0. The molecule has 2 atom stereocenters. The number of aliphatic hydroxyl groups excluding tert-OH is 1. The third-order valence-corrected chi connectivity index (χ3v) is 6.97. The molecule has 6 nitrogen and oxygen atoms in total. The molecule has 2 unspecified atom stereocenters. The van der Waals surface area contributed by atoms with Crippen molar-refractivity contribution < 1.29 is 18.3 Å². The molecule has 0 spiro atoms. The van der Waals surface area contributed by atoms with Crippen LogP contribution in [-0.4, -0.2) is 29.8 Å². The zero-order valence-corrected chi connectivity index (χ0v) is 16.8. The van der Waals surface area contributed by atoms with Gasteiger partial charge in [0.2, 0.25) is 9.84 Å². The second-order valence-electron chi connectivity index (χ2n) is 7.56. The summed E-state index contributed by atoms with van der Waals surface area (Å²) in [6.07, 6.45) is 0.518. The minimum Gasteiger partial charge on any atom is -0.485 e. The first-order valence-corrected chi connectivity index (χ1v) is 10.7. The molecule has 1 aliphatic rings. The predicted octanol–water partition coefficient (Wildman–Crippen LogP) is 2.80. The normalized spacial score (nSPS) is 20.5. The smallest absolute Gasteiger partial charge is 0.251 e. The largest absolute Gasteiger partial charge is 0.485 e. The van der Waals surface area contributed by atoms with Crippen LogP contribution in [0.3, 0.4) is 0 Å². The number of aromatic nitrogens is 1. The summed E-state index contributed by atoms with van der Waals surface area (Å²) in [6, 6.07) is 16.6. The van der Waals surface area contributed by atoms with Gasteiger partial charge in [0.05, 0.1) is 15.8 Å². The van der Waals surface area contributed by atoms with Crippen LogP contribution in [0.25, 0.3) is 0 Å². The van der Waals surface area contributed by atoms with Crippen molar-refractivity contribution >= 4 is 9.84 Å². The molecule has 0 fully saturated rings. The number of hydrogen-bond donors (Lipinski definition) is 1. The Morgan fingerprint density at radius 2 is 1.66 bits per heavy atom. The van der Waals surface area contributed by atoms with Gasteiger partial charge < -0.3 is 14.4 Å². The number of rotatable bonds is 3. The molecule has 150 valence electrons. The van der Waals surface area contributed by atoms with Crippen molar-refractivity contribution in [3.05, 3.63) is 88.8 Å². The minimum absolute atomic E-state index is 0.0759. The molecule has 29 heavy (non-hydrogen) atoms. The molecule has 1 N–H and O–H groups in total. The molecule has 2 heterocycles. The van der Waals surface area contributed by atoms with Crippen molar-refractivity contribution in [2.45, 2.75) is 41.4 Å². The number of nitrogens with zero attached hydrogens (tertiary/aromatic N) is 1. The summed E-state index contributed by atoms with van der Waals surface area (Å²) in [7, 11) is -3.76. The number of benzene rings is 2. The van der Waals surface area contributed by atoms with E-state index in [0.717, 1.165) is 0 Å². The number of ether oxygens (including phenoxy) is 1. The summed E-state index contributed by atoms with van der Waals surface area (Å²) in [5, 5.41) is 11.0. The fraction of sp³-hybridized carbons (Fsp3) is 0.227. The van der Waals surface area contributed by atoms with Crippen molar-refractivity contribution in [3.63, 3.8) is 0 Å². The van der Waals surface area contributed by atoms with Crippen LogP contribution < -0.4 is 10.3 Å². The molecule has 0 saturated carbocycles. The van der Waals surface area contributed by atoms with E-state index in [0.29, 0.717) is 11.3 Å². The Morgan fingerprint density at radius 3 is 2.34 bits per heavy atom. The maximum Gasteiger partial charge on any atom is 0.251 e. The average molecular weight is 411 g/mol. The van der Waals surface area contributed by atoms with Crippen molar-refractivity contribution in [1.29, 1.82) is 0 Å². The van der Waals surface area contributed by atoms with Gasteiger partial charge in [0.15, 0.2) is 0 Å². The van der Waals surface area contributed by atoms with Gasteiger partial charge >= 0.3 is 0 Å². The topological polar surface area (TPSA) is 85.6 Å². The number of fused-ring (bicyclic) bond motifs is 1. The van der Waals surface area contributed by atoms with E-state index in [2.05, 4.69) is 0 Å². The van der Waals surface area contributed by atoms with E-state index in [1.165, 1.54) is 34.9 Å². The van der Waals surface area contributed by atoms with E-state index in [1.54, 1.807) is 56.4 Å². The summed E-state index contributed by atoms with van der Waals surface area (Å²) in [5.41, 5.74) is -0.814. The summed E-state index contributed by atoms with van der Waals surface area (Å²) in [6.45, 7) is 3.46. The maximum atomic E-state index is 13.1. The third kappa shape index (κ3) is 3.26. The quantitative estimate of drug-likeness (QED) is 0.716. The zero-order valence-electron chi connectivity index (χ0n) is 16.0. The fourth-order valence-corrected chi connectivity index (χ4v) is 4.94. The summed E-state index contributed by atoms with van der Waals surface area (Å²) in [4.78, 5) is 12.7. The van der Waals surface area contributed by atoms with Crippen molar-refractivity contribution in [2.24, 2.45) is 0 Å². The highest BCUT2D eigenvalue weighted by molar-refractivity contribution is 7.91. The Balaban J connectivity index is 1.92. The first-order chi connectivity index (χ1) is 13.7. The van der Waals surface area contributed by atoms with E-state index < -0.39 is 27.6 Å². The van der Waals surface area contributed by atoms with E-state index in [4.69, 9.17) is 4.74 Å². The van der Waals surface area contributed by atoms with Crippen LogP contribution in [0.4, 0.5) is 0 Å². The monoisotopic (exact) mass is 411 g/mol. The van der Waals surface area contributed by atoms with Crippen LogP contribution in [0.5, 0.6) is 5.75 Å². The van der Waals surface area contributed by atoms with Gasteiger partial charge in [-0.05, 0) is 50.2 Å². The second-order valence-corrected chi connectivity index (χ2v) is 9.51. The lowest BCUT2D eigenvalue weighted by Crippen LogP contribution is -2.52. The Morgan fingerprint density at radius 1 is 0.966 bits per heavy atom. The number of aliphatic hydroxyl groups is 1. The Hall–Kier alpha value is -2.90. The van der Waals surface area contributed by atoms with Crippen LogP contribution in [-0.2, 0) is 9.84 Å². The molecular formula is C22H21NO5S. The molecule has 0 aliphatic carbocycles. The lowest BCUT2D eigenvalue weighted by atomic mass is 9.86. The highest BCUT2D eigenvalue weighted by Gasteiger charge is 2.44. The van der Waals surface area contributed by atoms with Gasteiger partial charge in [-0.25, -0.2) is 8.42 Å². The third-order valence-electron chi connectivity index (χ3n) is 5.20.